The molecule has 1 aliphatic rings. The summed E-state index contributed by atoms with van der Waals surface area (Å²) in [4.78, 5) is 23.3. The molecule has 1 fully saturated rings. The summed E-state index contributed by atoms with van der Waals surface area (Å²) in [7, 11) is 0. The molecule has 0 saturated carbocycles. The highest BCUT2D eigenvalue weighted by atomic mass is 79.9. The molecule has 120 valence electrons. The minimum atomic E-state index is -0.00891. The van der Waals surface area contributed by atoms with Crippen LogP contribution in [0.25, 0.3) is 0 Å². The van der Waals surface area contributed by atoms with Crippen LogP contribution in [0.2, 0.25) is 0 Å². The summed E-state index contributed by atoms with van der Waals surface area (Å²) < 4.78 is 0.925. The van der Waals surface area contributed by atoms with E-state index in [-0.39, 0.29) is 5.91 Å². The molecule has 5 nitrogen and oxygen atoms in total. The van der Waals surface area contributed by atoms with Gasteiger partial charge in [0.1, 0.15) is 5.69 Å². The van der Waals surface area contributed by atoms with Gasteiger partial charge in [-0.1, -0.05) is 12.1 Å². The number of amides is 1. The standard InChI is InChI=1S/C17H19BrN4O/c1-12-11-15(16(23)22-9-5-2-6-10-22)21-17(19-12)20-14-8-4-3-7-13(14)18/h3-4,7-8,11H,2,5-6,9-10H2,1H3,(H,19,20,21). The lowest BCUT2D eigenvalue weighted by atomic mass is 10.1. The number of aromatic nitrogens is 2. The highest BCUT2D eigenvalue weighted by molar-refractivity contribution is 9.10. The van der Waals surface area contributed by atoms with Crippen LogP contribution in [0.4, 0.5) is 11.6 Å². The van der Waals surface area contributed by atoms with E-state index in [1.165, 1.54) is 6.42 Å². The molecule has 0 unspecified atom stereocenters. The van der Waals surface area contributed by atoms with Crippen LogP contribution < -0.4 is 5.32 Å². The summed E-state index contributed by atoms with van der Waals surface area (Å²) in [6, 6.07) is 9.50. The second kappa shape index (κ2) is 7.08. The van der Waals surface area contributed by atoms with E-state index in [0.29, 0.717) is 11.6 Å². The minimum Gasteiger partial charge on any atom is -0.337 e. The van der Waals surface area contributed by atoms with E-state index in [2.05, 4.69) is 31.2 Å². The molecule has 2 aromatic rings. The number of benzene rings is 1. The van der Waals surface area contributed by atoms with Gasteiger partial charge in [-0.05, 0) is 60.3 Å². The summed E-state index contributed by atoms with van der Waals surface area (Å²) >= 11 is 3.49. The SMILES string of the molecule is Cc1cc(C(=O)N2CCCCC2)nc(Nc2ccccc2Br)n1. The third-order valence-electron chi connectivity index (χ3n) is 3.84. The van der Waals surface area contributed by atoms with Crippen molar-refractivity contribution in [1.29, 1.82) is 0 Å². The number of hydrogen-bond acceptors (Lipinski definition) is 4. The Morgan fingerprint density at radius 1 is 1.17 bits per heavy atom. The highest BCUT2D eigenvalue weighted by Crippen LogP contribution is 2.24. The van der Waals surface area contributed by atoms with Crippen molar-refractivity contribution in [3.63, 3.8) is 0 Å². The van der Waals surface area contributed by atoms with Gasteiger partial charge >= 0.3 is 0 Å². The minimum absolute atomic E-state index is 0.00891. The Kier molecular flexibility index (Phi) is 4.91. The normalized spacial score (nSPS) is 14.6. The second-order valence-electron chi connectivity index (χ2n) is 5.68. The number of rotatable bonds is 3. The lowest BCUT2D eigenvalue weighted by molar-refractivity contribution is 0.0718. The highest BCUT2D eigenvalue weighted by Gasteiger charge is 2.20. The molecule has 0 radical (unpaired) electrons. The van der Waals surface area contributed by atoms with E-state index in [4.69, 9.17) is 0 Å². The molecule has 0 aliphatic carbocycles. The van der Waals surface area contributed by atoms with Gasteiger partial charge in [0.05, 0.1) is 5.69 Å². The average molecular weight is 375 g/mol. The molecule has 0 atom stereocenters. The number of para-hydroxylation sites is 1. The van der Waals surface area contributed by atoms with Gasteiger partial charge in [0.25, 0.3) is 5.91 Å². The van der Waals surface area contributed by atoms with Crippen molar-refractivity contribution < 1.29 is 4.79 Å². The van der Waals surface area contributed by atoms with E-state index in [0.717, 1.165) is 41.8 Å². The van der Waals surface area contributed by atoms with Crippen LogP contribution in [0, 0.1) is 6.92 Å². The zero-order chi connectivity index (χ0) is 16.2. The number of hydrogen-bond donors (Lipinski definition) is 1. The fourth-order valence-electron chi connectivity index (χ4n) is 2.68. The van der Waals surface area contributed by atoms with Crippen LogP contribution in [-0.2, 0) is 0 Å². The third-order valence-corrected chi connectivity index (χ3v) is 4.53. The van der Waals surface area contributed by atoms with E-state index in [1.807, 2.05) is 36.1 Å². The lowest BCUT2D eigenvalue weighted by Crippen LogP contribution is -2.36. The maximum absolute atomic E-state index is 12.6. The van der Waals surface area contributed by atoms with Gasteiger partial charge < -0.3 is 10.2 Å². The molecule has 0 spiro atoms. The smallest absolute Gasteiger partial charge is 0.272 e. The fourth-order valence-corrected chi connectivity index (χ4v) is 3.06. The topological polar surface area (TPSA) is 58.1 Å². The van der Waals surface area contributed by atoms with E-state index in [9.17, 15) is 4.79 Å². The molecular weight excluding hydrogens is 356 g/mol. The molecule has 1 aromatic heterocycles. The first-order valence-electron chi connectivity index (χ1n) is 7.80. The number of carbonyl (C=O) groups excluding carboxylic acids is 1. The zero-order valence-corrected chi connectivity index (χ0v) is 14.6. The number of anilines is 2. The molecule has 0 bridgehead atoms. The molecule has 23 heavy (non-hydrogen) atoms. The van der Waals surface area contributed by atoms with Crippen LogP contribution in [-0.4, -0.2) is 33.9 Å². The van der Waals surface area contributed by atoms with Crippen LogP contribution in [0.5, 0.6) is 0 Å². The summed E-state index contributed by atoms with van der Waals surface area (Å²) in [5, 5.41) is 3.17. The molecule has 2 heterocycles. The van der Waals surface area contributed by atoms with Crippen LogP contribution in [0.1, 0.15) is 35.4 Å². The van der Waals surface area contributed by atoms with Crippen molar-refractivity contribution in [3.8, 4) is 0 Å². The van der Waals surface area contributed by atoms with E-state index >= 15 is 0 Å². The van der Waals surface area contributed by atoms with Crippen molar-refractivity contribution in [3.05, 3.63) is 46.2 Å². The number of aryl methyl sites for hydroxylation is 1. The van der Waals surface area contributed by atoms with Gasteiger partial charge in [0.2, 0.25) is 5.95 Å². The summed E-state index contributed by atoms with van der Waals surface area (Å²) in [5.74, 6) is 0.433. The van der Waals surface area contributed by atoms with Crippen molar-refractivity contribution in [2.45, 2.75) is 26.2 Å². The molecule has 3 rings (SSSR count). The first kappa shape index (κ1) is 15.9. The van der Waals surface area contributed by atoms with Crippen LogP contribution >= 0.6 is 15.9 Å². The number of carbonyl (C=O) groups is 1. The van der Waals surface area contributed by atoms with Gasteiger partial charge in [0, 0.05) is 23.3 Å². The Balaban J connectivity index is 1.84. The van der Waals surface area contributed by atoms with Crippen LogP contribution in [0.15, 0.2) is 34.8 Å². The number of halogens is 1. The summed E-state index contributed by atoms with van der Waals surface area (Å²) in [6.45, 7) is 3.50. The van der Waals surface area contributed by atoms with Crippen molar-refractivity contribution >= 4 is 33.5 Å². The Bertz CT molecular complexity index is 713. The first-order valence-corrected chi connectivity index (χ1v) is 8.59. The largest absolute Gasteiger partial charge is 0.337 e. The Morgan fingerprint density at radius 3 is 2.65 bits per heavy atom. The quantitative estimate of drug-likeness (QED) is 0.884. The van der Waals surface area contributed by atoms with Gasteiger partial charge in [-0.15, -0.1) is 0 Å². The number of nitrogens with zero attached hydrogens (tertiary/aromatic N) is 3. The van der Waals surface area contributed by atoms with Gasteiger partial charge in [-0.3, -0.25) is 4.79 Å². The molecule has 1 N–H and O–H groups in total. The Labute approximate surface area is 144 Å². The summed E-state index contributed by atoms with van der Waals surface area (Å²) in [5.41, 5.74) is 2.10. The van der Waals surface area contributed by atoms with Gasteiger partial charge in [0.15, 0.2) is 0 Å². The molecule has 1 aliphatic heterocycles. The van der Waals surface area contributed by atoms with Gasteiger partial charge in [-0.25, -0.2) is 9.97 Å². The fraction of sp³-hybridized carbons (Fsp3) is 0.353. The monoisotopic (exact) mass is 374 g/mol. The Hall–Kier alpha value is -1.95. The molecule has 1 amide bonds. The maximum Gasteiger partial charge on any atom is 0.272 e. The number of nitrogens with one attached hydrogen (secondary N) is 1. The third kappa shape index (κ3) is 3.88. The predicted molar refractivity (Wildman–Crippen MR) is 93.9 cm³/mol. The van der Waals surface area contributed by atoms with Crippen molar-refractivity contribution in [1.82, 2.24) is 14.9 Å². The van der Waals surface area contributed by atoms with Gasteiger partial charge in [-0.2, -0.15) is 0 Å². The lowest BCUT2D eigenvalue weighted by Gasteiger charge is -2.26. The van der Waals surface area contributed by atoms with Crippen molar-refractivity contribution in [2.24, 2.45) is 0 Å². The molecule has 6 heteroatoms. The summed E-state index contributed by atoms with van der Waals surface area (Å²) in [6.07, 6.45) is 3.33. The second-order valence-corrected chi connectivity index (χ2v) is 6.53. The Morgan fingerprint density at radius 2 is 1.91 bits per heavy atom. The van der Waals surface area contributed by atoms with E-state index in [1.54, 1.807) is 6.07 Å². The molecule has 1 saturated heterocycles. The van der Waals surface area contributed by atoms with Crippen LogP contribution in [0.3, 0.4) is 0 Å². The molecule has 1 aromatic carbocycles. The predicted octanol–water partition coefficient (Wildman–Crippen LogP) is 3.92. The average Bonchev–Trinajstić information content (AvgIpc) is 2.56. The maximum atomic E-state index is 12.6. The van der Waals surface area contributed by atoms with E-state index < -0.39 is 0 Å². The van der Waals surface area contributed by atoms with Crippen molar-refractivity contribution in [2.75, 3.05) is 18.4 Å². The number of likely N-dealkylation sites (tertiary alicyclic amines) is 1. The number of piperidine rings is 1. The first-order chi connectivity index (χ1) is 11.1. The zero-order valence-electron chi connectivity index (χ0n) is 13.1. The molecular formula is C17H19BrN4O.